The van der Waals surface area contributed by atoms with Crippen LogP contribution >= 0.6 is 23.1 Å². The molecule has 6 aromatic rings. The van der Waals surface area contributed by atoms with Crippen molar-refractivity contribution in [1.29, 1.82) is 0 Å². The highest BCUT2D eigenvalue weighted by atomic mass is 32.2. The van der Waals surface area contributed by atoms with Crippen molar-refractivity contribution in [2.24, 2.45) is 0 Å². The predicted molar refractivity (Wildman–Crippen MR) is 187 cm³/mol. The number of ketones is 1. The number of hydrogen-bond acceptors (Lipinski definition) is 9. The van der Waals surface area contributed by atoms with E-state index < -0.39 is 17.7 Å². The Hall–Kier alpha value is -5.26. The van der Waals surface area contributed by atoms with E-state index in [-0.39, 0.29) is 22.2 Å². The number of nitrogens with zero attached hydrogens (tertiary/aromatic N) is 5. The molecule has 7 rings (SSSR count). The topological polar surface area (TPSA) is 110 Å². The van der Waals surface area contributed by atoms with Gasteiger partial charge < -0.3 is 14.2 Å². The van der Waals surface area contributed by atoms with Gasteiger partial charge in [0.1, 0.15) is 23.7 Å². The summed E-state index contributed by atoms with van der Waals surface area (Å²) in [6.07, 6.45) is 1.85. The Labute approximate surface area is 285 Å². The Morgan fingerprint density at radius 2 is 1.65 bits per heavy atom. The van der Waals surface area contributed by atoms with Gasteiger partial charge in [-0.05, 0) is 61.2 Å². The number of carbonyl (C=O) groups excluding carboxylic acids is 2. The summed E-state index contributed by atoms with van der Waals surface area (Å²) in [5, 5.41) is 20.8. The summed E-state index contributed by atoms with van der Waals surface area (Å²) in [7, 11) is 0. The van der Waals surface area contributed by atoms with Gasteiger partial charge in [-0.1, -0.05) is 101 Å². The molecule has 1 aliphatic heterocycles. The van der Waals surface area contributed by atoms with Gasteiger partial charge in [0.05, 0.1) is 17.3 Å². The van der Waals surface area contributed by atoms with E-state index in [2.05, 4.69) is 34.5 Å². The lowest BCUT2D eigenvalue weighted by Crippen LogP contribution is -2.29. The van der Waals surface area contributed by atoms with E-state index in [1.54, 1.807) is 24.3 Å². The van der Waals surface area contributed by atoms with Crippen LogP contribution in [0.4, 0.5) is 5.13 Å². The molecular formula is C37H31N5O4S2. The summed E-state index contributed by atoms with van der Waals surface area (Å²) in [4.78, 5) is 33.7. The second-order valence-corrected chi connectivity index (χ2v) is 13.7. The molecule has 3 aromatic heterocycles. The third-order valence-electron chi connectivity index (χ3n) is 8.28. The maximum atomic E-state index is 13.8. The Kier molecular flexibility index (Phi) is 8.55. The van der Waals surface area contributed by atoms with Gasteiger partial charge in [0.25, 0.3) is 5.78 Å². The van der Waals surface area contributed by atoms with E-state index in [9.17, 15) is 14.7 Å². The fourth-order valence-corrected chi connectivity index (χ4v) is 7.52. The number of imidazole rings is 1. The van der Waals surface area contributed by atoms with E-state index in [0.29, 0.717) is 39.4 Å². The van der Waals surface area contributed by atoms with Crippen LogP contribution in [0.3, 0.4) is 0 Å². The number of aryl methyl sites for hydroxylation is 3. The number of amides is 1. The van der Waals surface area contributed by atoms with Gasteiger partial charge in [0.15, 0.2) is 10.1 Å². The van der Waals surface area contributed by atoms with Crippen LogP contribution < -0.4 is 9.64 Å². The molecular weight excluding hydrogens is 643 g/mol. The van der Waals surface area contributed by atoms with Crippen LogP contribution in [0.15, 0.2) is 107 Å². The molecule has 3 aromatic carbocycles. The Morgan fingerprint density at radius 1 is 0.896 bits per heavy atom. The molecule has 0 bridgehead atoms. The number of aliphatic hydroxyl groups excluding tert-OH is 1. The van der Waals surface area contributed by atoms with E-state index in [4.69, 9.17) is 9.72 Å². The number of hydrogen-bond donors (Lipinski definition) is 1. The molecule has 0 aliphatic carbocycles. The number of carbonyl (C=O) groups is 2. The summed E-state index contributed by atoms with van der Waals surface area (Å²) < 4.78 is 8.51. The highest BCUT2D eigenvalue weighted by Crippen LogP contribution is 2.44. The minimum atomic E-state index is -0.971. The summed E-state index contributed by atoms with van der Waals surface area (Å²) in [6, 6.07) is 28.1. The number of anilines is 1. The molecule has 240 valence electrons. The van der Waals surface area contributed by atoms with Crippen molar-refractivity contribution in [3.63, 3.8) is 0 Å². The van der Waals surface area contributed by atoms with E-state index in [1.807, 2.05) is 73.8 Å². The first-order chi connectivity index (χ1) is 23.3. The number of benzene rings is 3. The number of fused-ring (bicyclic) bond motifs is 1. The predicted octanol–water partition coefficient (Wildman–Crippen LogP) is 7.61. The van der Waals surface area contributed by atoms with Crippen molar-refractivity contribution in [2.45, 2.75) is 43.5 Å². The average Bonchev–Trinajstić information content (AvgIpc) is 3.79. The van der Waals surface area contributed by atoms with Crippen molar-refractivity contribution in [1.82, 2.24) is 19.6 Å². The molecule has 0 saturated carbocycles. The smallest absolute Gasteiger partial charge is 0.301 e. The number of aliphatic hydroxyl groups is 1. The molecule has 1 unspecified atom stereocenters. The second kappa shape index (κ2) is 13.1. The SMILES string of the molecule is Cc1ccc(CSc2nnc(N3C(=O)C(=O)/C(=C(/O)c4nc5c(C)cccn5c4C)C3c3ccc(OCc4ccccc4)cc3)s2)cc1. The van der Waals surface area contributed by atoms with Crippen LogP contribution in [-0.4, -0.2) is 36.4 Å². The van der Waals surface area contributed by atoms with Crippen molar-refractivity contribution in [3.8, 4) is 5.75 Å². The monoisotopic (exact) mass is 673 g/mol. The molecule has 1 saturated heterocycles. The zero-order valence-electron chi connectivity index (χ0n) is 26.5. The summed E-state index contributed by atoms with van der Waals surface area (Å²) in [5.74, 6) is -0.663. The van der Waals surface area contributed by atoms with E-state index in [0.717, 1.165) is 16.7 Å². The van der Waals surface area contributed by atoms with Crippen molar-refractivity contribution < 1.29 is 19.4 Å². The minimum Gasteiger partial charge on any atom is -0.505 e. The van der Waals surface area contributed by atoms with Crippen LogP contribution in [0, 0.1) is 20.8 Å². The fraction of sp³-hybridized carbons (Fsp3) is 0.162. The summed E-state index contributed by atoms with van der Waals surface area (Å²) >= 11 is 2.73. The molecule has 0 radical (unpaired) electrons. The zero-order chi connectivity index (χ0) is 33.4. The normalized spacial score (nSPS) is 15.8. The zero-order valence-corrected chi connectivity index (χ0v) is 28.1. The summed E-state index contributed by atoms with van der Waals surface area (Å²) in [6.45, 7) is 6.18. The Balaban J connectivity index is 1.26. The minimum absolute atomic E-state index is 0.0637. The molecule has 11 heteroatoms. The Bertz CT molecular complexity index is 2170. The maximum absolute atomic E-state index is 13.8. The van der Waals surface area contributed by atoms with Gasteiger partial charge in [-0.3, -0.25) is 14.5 Å². The molecule has 9 nitrogen and oxygen atoms in total. The molecule has 1 amide bonds. The summed E-state index contributed by atoms with van der Waals surface area (Å²) in [5.41, 5.74) is 6.33. The molecule has 0 spiro atoms. The van der Waals surface area contributed by atoms with Crippen LogP contribution in [0.25, 0.3) is 11.4 Å². The van der Waals surface area contributed by atoms with Gasteiger partial charge in [-0.15, -0.1) is 10.2 Å². The van der Waals surface area contributed by atoms with Crippen LogP contribution in [0.1, 0.15) is 45.2 Å². The molecule has 48 heavy (non-hydrogen) atoms. The lowest BCUT2D eigenvalue weighted by Gasteiger charge is -2.22. The van der Waals surface area contributed by atoms with Gasteiger partial charge in [0.2, 0.25) is 5.13 Å². The van der Waals surface area contributed by atoms with Crippen molar-refractivity contribution in [2.75, 3.05) is 4.90 Å². The van der Waals surface area contributed by atoms with Gasteiger partial charge in [0, 0.05) is 11.9 Å². The van der Waals surface area contributed by atoms with Crippen molar-refractivity contribution >= 4 is 51.3 Å². The standard InChI is InChI=1S/C37H31N5O4S2/c1-22-11-13-26(14-12-22)21-47-37-40-39-36(48-37)42-31(27-15-17-28(18-16-27)46-20-25-9-5-4-6-10-25)29(33(44)35(42)45)32(43)30-24(3)41-19-7-8-23(2)34(41)38-30/h4-19,31,43H,20-21H2,1-3H3/b32-29+. The first kappa shape index (κ1) is 31.3. The lowest BCUT2D eigenvalue weighted by atomic mass is 9.96. The van der Waals surface area contributed by atoms with E-state index >= 15 is 0 Å². The molecule has 1 atom stereocenters. The number of ether oxygens (including phenoxy) is 1. The Morgan fingerprint density at radius 3 is 2.38 bits per heavy atom. The number of Topliss-reactive ketones (excluding diaryl/α,β-unsaturated/α-hetero) is 1. The number of thioether (sulfide) groups is 1. The van der Waals surface area contributed by atoms with Gasteiger partial charge in [-0.2, -0.15) is 0 Å². The second-order valence-electron chi connectivity index (χ2n) is 11.6. The molecule has 4 heterocycles. The molecule has 1 aliphatic rings. The van der Waals surface area contributed by atoms with Crippen molar-refractivity contribution in [3.05, 3.63) is 142 Å². The highest BCUT2D eigenvalue weighted by Gasteiger charge is 2.49. The quantitative estimate of drug-likeness (QED) is 0.0549. The third-order valence-corrected chi connectivity index (χ3v) is 10.4. The van der Waals surface area contributed by atoms with Gasteiger partial charge in [-0.25, -0.2) is 4.98 Å². The highest BCUT2D eigenvalue weighted by molar-refractivity contribution is 8.00. The number of rotatable bonds is 9. The average molecular weight is 674 g/mol. The lowest BCUT2D eigenvalue weighted by molar-refractivity contribution is -0.132. The fourth-order valence-electron chi connectivity index (χ4n) is 5.69. The van der Waals surface area contributed by atoms with Crippen LogP contribution in [0.5, 0.6) is 5.75 Å². The van der Waals surface area contributed by atoms with Crippen LogP contribution in [0.2, 0.25) is 0 Å². The largest absolute Gasteiger partial charge is 0.505 e. The third kappa shape index (κ3) is 5.98. The van der Waals surface area contributed by atoms with Gasteiger partial charge >= 0.3 is 5.91 Å². The molecule has 1 N–H and O–H groups in total. The first-order valence-electron chi connectivity index (χ1n) is 15.3. The number of pyridine rings is 1. The number of aromatic nitrogens is 4. The maximum Gasteiger partial charge on any atom is 0.301 e. The first-order valence-corrected chi connectivity index (χ1v) is 17.1. The van der Waals surface area contributed by atoms with Crippen LogP contribution in [-0.2, 0) is 21.9 Å². The molecule has 1 fully saturated rings. The van der Waals surface area contributed by atoms with E-state index in [1.165, 1.54) is 33.6 Å².